The van der Waals surface area contributed by atoms with Crippen molar-refractivity contribution in [1.29, 1.82) is 0 Å². The number of hydrogen-bond acceptors (Lipinski definition) is 6. The van der Waals surface area contributed by atoms with Gasteiger partial charge in [-0.2, -0.15) is 0 Å². The normalized spacial score (nSPS) is 19.3. The van der Waals surface area contributed by atoms with E-state index in [0.29, 0.717) is 37.3 Å². The number of carbonyl (C=O) groups is 3. The van der Waals surface area contributed by atoms with Gasteiger partial charge in [0, 0.05) is 13.0 Å². The number of nitrogens with zero attached hydrogens (tertiary/aromatic N) is 1. The number of ether oxygens (including phenoxy) is 3. The van der Waals surface area contributed by atoms with Gasteiger partial charge < -0.3 is 19.1 Å². The van der Waals surface area contributed by atoms with Gasteiger partial charge in [-0.05, 0) is 30.5 Å². The number of Topliss-reactive ketones (excluding diaryl/α,β-unsaturated/α-hetero) is 1. The Morgan fingerprint density at radius 3 is 2.83 bits per heavy atom. The molecule has 0 saturated carbocycles. The van der Waals surface area contributed by atoms with Crippen LogP contribution >= 0.6 is 0 Å². The van der Waals surface area contributed by atoms with Crippen LogP contribution in [0.25, 0.3) is 0 Å². The van der Waals surface area contributed by atoms with Crippen molar-refractivity contribution in [2.75, 3.05) is 27.0 Å². The van der Waals surface area contributed by atoms with Crippen LogP contribution < -0.4 is 9.47 Å². The number of hydrogen-bond donors (Lipinski definition) is 0. The van der Waals surface area contributed by atoms with E-state index >= 15 is 0 Å². The molecule has 0 spiro atoms. The standard InChI is InChI=1S/C17H19NO6/c1-22-17(21)12-6-7-18(9-13(12)19)16(20)5-3-11-2-4-14-15(8-11)24-10-23-14/h2,4,8,12H,3,5-7,9-10H2,1H3. The average molecular weight is 333 g/mol. The summed E-state index contributed by atoms with van der Waals surface area (Å²) in [5.41, 5.74) is 0.975. The highest BCUT2D eigenvalue weighted by Gasteiger charge is 2.34. The molecule has 0 N–H and O–H groups in total. The molecule has 1 saturated heterocycles. The van der Waals surface area contributed by atoms with Crippen LogP contribution in [0.15, 0.2) is 18.2 Å². The third-order valence-electron chi connectivity index (χ3n) is 4.33. The molecule has 7 heteroatoms. The van der Waals surface area contributed by atoms with Crippen molar-refractivity contribution in [2.45, 2.75) is 19.3 Å². The third kappa shape index (κ3) is 3.34. The maximum Gasteiger partial charge on any atom is 0.316 e. The Kier molecular flexibility index (Phi) is 4.69. The monoisotopic (exact) mass is 333 g/mol. The minimum absolute atomic E-state index is 0.0280. The molecule has 2 aliphatic rings. The Bertz CT molecular complexity index is 671. The number of piperidine rings is 1. The number of esters is 1. The number of amides is 1. The van der Waals surface area contributed by atoms with Crippen LogP contribution in [0, 0.1) is 5.92 Å². The SMILES string of the molecule is COC(=O)C1CCN(C(=O)CCc2ccc3c(c2)OCO3)CC1=O. The van der Waals surface area contributed by atoms with Crippen molar-refractivity contribution >= 4 is 17.7 Å². The molecular weight excluding hydrogens is 314 g/mol. The van der Waals surface area contributed by atoms with Crippen molar-refractivity contribution in [3.05, 3.63) is 23.8 Å². The van der Waals surface area contributed by atoms with E-state index in [1.54, 1.807) is 0 Å². The highest BCUT2D eigenvalue weighted by atomic mass is 16.7. The van der Waals surface area contributed by atoms with Gasteiger partial charge in [-0.25, -0.2) is 0 Å². The second-order valence-corrected chi connectivity index (χ2v) is 5.83. The van der Waals surface area contributed by atoms with Crippen molar-refractivity contribution in [3.8, 4) is 11.5 Å². The van der Waals surface area contributed by atoms with E-state index in [4.69, 9.17) is 9.47 Å². The molecule has 0 bridgehead atoms. The Hall–Kier alpha value is -2.57. The lowest BCUT2D eigenvalue weighted by atomic mass is 9.95. The van der Waals surface area contributed by atoms with Crippen LogP contribution in [0.4, 0.5) is 0 Å². The quantitative estimate of drug-likeness (QED) is 0.602. The van der Waals surface area contributed by atoms with Crippen LogP contribution in [0.2, 0.25) is 0 Å². The Morgan fingerprint density at radius 1 is 1.29 bits per heavy atom. The molecule has 0 aromatic heterocycles. The second kappa shape index (κ2) is 6.90. The van der Waals surface area contributed by atoms with Gasteiger partial charge in [-0.1, -0.05) is 6.07 Å². The Morgan fingerprint density at radius 2 is 2.08 bits per heavy atom. The summed E-state index contributed by atoms with van der Waals surface area (Å²) in [6, 6.07) is 5.59. The Labute approximate surface area is 139 Å². The van der Waals surface area contributed by atoms with Crippen LogP contribution in [-0.4, -0.2) is 49.6 Å². The van der Waals surface area contributed by atoms with E-state index in [2.05, 4.69) is 4.74 Å². The summed E-state index contributed by atoms with van der Waals surface area (Å²) >= 11 is 0. The third-order valence-corrected chi connectivity index (χ3v) is 4.33. The van der Waals surface area contributed by atoms with Crippen LogP contribution in [-0.2, 0) is 25.5 Å². The first kappa shape index (κ1) is 16.3. The van der Waals surface area contributed by atoms with Gasteiger partial charge in [0.25, 0.3) is 0 Å². The number of rotatable bonds is 4. The topological polar surface area (TPSA) is 82.1 Å². The molecule has 2 aliphatic heterocycles. The van der Waals surface area contributed by atoms with Gasteiger partial charge in [0.1, 0.15) is 5.92 Å². The van der Waals surface area contributed by atoms with Gasteiger partial charge in [0.15, 0.2) is 17.3 Å². The number of likely N-dealkylation sites (tertiary alicyclic amines) is 1. The van der Waals surface area contributed by atoms with E-state index in [-0.39, 0.29) is 25.0 Å². The number of ketones is 1. The fraction of sp³-hybridized carbons (Fsp3) is 0.471. The van der Waals surface area contributed by atoms with Gasteiger partial charge in [-0.15, -0.1) is 0 Å². The van der Waals surface area contributed by atoms with Gasteiger partial charge in [-0.3, -0.25) is 14.4 Å². The lowest BCUT2D eigenvalue weighted by Crippen LogP contribution is -2.46. The summed E-state index contributed by atoms with van der Waals surface area (Å²) in [6.45, 7) is 0.584. The second-order valence-electron chi connectivity index (χ2n) is 5.83. The molecule has 1 aromatic rings. The molecule has 2 heterocycles. The van der Waals surface area contributed by atoms with Gasteiger partial charge >= 0.3 is 5.97 Å². The zero-order chi connectivity index (χ0) is 17.1. The summed E-state index contributed by atoms with van der Waals surface area (Å²) in [5.74, 6) is -0.219. The van der Waals surface area contributed by atoms with Crippen LogP contribution in [0.1, 0.15) is 18.4 Å². The summed E-state index contributed by atoms with van der Waals surface area (Å²) in [7, 11) is 1.26. The van der Waals surface area contributed by atoms with E-state index in [1.165, 1.54) is 12.0 Å². The first-order chi connectivity index (χ1) is 11.6. The van der Waals surface area contributed by atoms with E-state index in [9.17, 15) is 14.4 Å². The van der Waals surface area contributed by atoms with Crippen LogP contribution in [0.3, 0.4) is 0 Å². The van der Waals surface area contributed by atoms with Crippen molar-refractivity contribution in [1.82, 2.24) is 4.90 Å². The minimum Gasteiger partial charge on any atom is -0.468 e. The number of benzene rings is 1. The maximum atomic E-state index is 12.3. The van der Waals surface area contributed by atoms with E-state index < -0.39 is 11.9 Å². The molecule has 1 aromatic carbocycles. The van der Waals surface area contributed by atoms with Gasteiger partial charge in [0.05, 0.1) is 13.7 Å². The smallest absolute Gasteiger partial charge is 0.316 e. The fourth-order valence-corrected chi connectivity index (χ4v) is 2.93. The molecule has 3 rings (SSSR count). The number of methoxy groups -OCH3 is 1. The number of aryl methyl sites for hydroxylation is 1. The fourth-order valence-electron chi connectivity index (χ4n) is 2.93. The first-order valence-electron chi connectivity index (χ1n) is 7.85. The summed E-state index contributed by atoms with van der Waals surface area (Å²) in [5, 5.41) is 0. The highest BCUT2D eigenvalue weighted by molar-refractivity contribution is 6.01. The molecule has 0 aliphatic carbocycles. The minimum atomic E-state index is -0.743. The van der Waals surface area contributed by atoms with Crippen molar-refractivity contribution in [2.24, 2.45) is 5.92 Å². The zero-order valence-corrected chi connectivity index (χ0v) is 13.4. The maximum absolute atomic E-state index is 12.3. The van der Waals surface area contributed by atoms with E-state index in [1.807, 2.05) is 18.2 Å². The molecule has 1 fully saturated rings. The summed E-state index contributed by atoms with van der Waals surface area (Å²) in [4.78, 5) is 37.3. The highest BCUT2D eigenvalue weighted by Crippen LogP contribution is 2.32. The Balaban J connectivity index is 1.53. The number of carbonyl (C=O) groups excluding carboxylic acids is 3. The zero-order valence-electron chi connectivity index (χ0n) is 13.4. The van der Waals surface area contributed by atoms with Crippen molar-refractivity contribution in [3.63, 3.8) is 0 Å². The summed E-state index contributed by atoms with van der Waals surface area (Å²) < 4.78 is 15.2. The van der Waals surface area contributed by atoms with Crippen molar-refractivity contribution < 1.29 is 28.6 Å². The molecular formula is C17H19NO6. The molecule has 0 radical (unpaired) electrons. The van der Waals surface area contributed by atoms with Gasteiger partial charge in [0.2, 0.25) is 12.7 Å². The first-order valence-corrected chi connectivity index (χ1v) is 7.85. The average Bonchev–Trinajstić information content (AvgIpc) is 3.06. The molecule has 1 amide bonds. The molecule has 7 nitrogen and oxygen atoms in total. The molecule has 1 atom stereocenters. The summed E-state index contributed by atoms with van der Waals surface area (Å²) in [6.07, 6.45) is 1.18. The largest absolute Gasteiger partial charge is 0.468 e. The number of fused-ring (bicyclic) bond motifs is 1. The molecule has 1 unspecified atom stereocenters. The lowest BCUT2D eigenvalue weighted by Gasteiger charge is -2.29. The lowest BCUT2D eigenvalue weighted by molar-refractivity contribution is -0.154. The molecule has 24 heavy (non-hydrogen) atoms. The predicted molar refractivity (Wildman–Crippen MR) is 82.6 cm³/mol. The van der Waals surface area contributed by atoms with Crippen LogP contribution in [0.5, 0.6) is 11.5 Å². The molecule has 128 valence electrons. The van der Waals surface area contributed by atoms with E-state index in [0.717, 1.165) is 5.56 Å². The predicted octanol–water partition coefficient (Wildman–Crippen LogP) is 0.938.